The molecular formula is C17H23N3O3. The van der Waals surface area contributed by atoms with Crippen LogP contribution in [-0.2, 0) is 17.8 Å². The minimum Gasteiger partial charge on any atom is -0.484 e. The van der Waals surface area contributed by atoms with Crippen molar-refractivity contribution >= 4 is 5.91 Å². The van der Waals surface area contributed by atoms with Crippen LogP contribution in [0.2, 0.25) is 0 Å². The van der Waals surface area contributed by atoms with Crippen molar-refractivity contribution in [2.75, 3.05) is 13.6 Å². The number of aromatic nitrogens is 2. The van der Waals surface area contributed by atoms with Gasteiger partial charge in [0.15, 0.2) is 12.4 Å². The van der Waals surface area contributed by atoms with Crippen molar-refractivity contribution in [3.8, 4) is 5.75 Å². The van der Waals surface area contributed by atoms with Gasteiger partial charge in [-0.25, -0.2) is 0 Å². The molecule has 2 aromatic rings. The van der Waals surface area contributed by atoms with Gasteiger partial charge in [-0.15, -0.1) is 0 Å². The quantitative estimate of drug-likeness (QED) is 0.785. The fourth-order valence-electron chi connectivity index (χ4n) is 2.12. The van der Waals surface area contributed by atoms with Gasteiger partial charge in [0.2, 0.25) is 5.91 Å². The normalized spacial score (nSPS) is 10.8. The van der Waals surface area contributed by atoms with E-state index >= 15 is 0 Å². The molecule has 0 N–H and O–H groups in total. The molecule has 0 bridgehead atoms. The first-order chi connectivity index (χ1) is 11.0. The lowest BCUT2D eigenvalue weighted by Gasteiger charge is -2.18. The number of likely N-dealkylation sites (N-methyl/N-ethyl adjacent to an activating group) is 1. The molecular weight excluding hydrogens is 294 g/mol. The molecule has 23 heavy (non-hydrogen) atoms. The second kappa shape index (κ2) is 7.76. The third kappa shape index (κ3) is 5.09. The summed E-state index contributed by atoms with van der Waals surface area (Å²) in [6.07, 6.45) is 0.558. The summed E-state index contributed by atoms with van der Waals surface area (Å²) < 4.78 is 10.8. The average molecular weight is 317 g/mol. The van der Waals surface area contributed by atoms with E-state index in [0.717, 1.165) is 11.3 Å². The van der Waals surface area contributed by atoms with E-state index in [1.807, 2.05) is 45.0 Å². The molecule has 0 radical (unpaired) electrons. The maximum atomic E-state index is 11.8. The number of nitrogens with zero attached hydrogens (tertiary/aromatic N) is 3. The Morgan fingerprint density at radius 1 is 1.39 bits per heavy atom. The summed E-state index contributed by atoms with van der Waals surface area (Å²) in [5.41, 5.74) is 1.13. The van der Waals surface area contributed by atoms with Crippen LogP contribution in [0.5, 0.6) is 5.75 Å². The SMILES string of the molecule is Cc1cccc(OCc2nc(CCN(C)C(=O)C(C)C)no2)c1. The summed E-state index contributed by atoms with van der Waals surface area (Å²) in [4.78, 5) is 17.8. The molecule has 0 aliphatic heterocycles. The third-order valence-electron chi connectivity index (χ3n) is 3.40. The van der Waals surface area contributed by atoms with Gasteiger partial charge >= 0.3 is 0 Å². The summed E-state index contributed by atoms with van der Waals surface area (Å²) >= 11 is 0. The number of carbonyl (C=O) groups excluding carboxylic acids is 1. The van der Waals surface area contributed by atoms with Crippen molar-refractivity contribution in [1.29, 1.82) is 0 Å². The summed E-state index contributed by atoms with van der Waals surface area (Å²) in [6.45, 7) is 6.57. The van der Waals surface area contributed by atoms with Crippen LogP contribution >= 0.6 is 0 Å². The summed E-state index contributed by atoms with van der Waals surface area (Å²) in [5.74, 6) is 1.88. The Morgan fingerprint density at radius 3 is 2.87 bits per heavy atom. The maximum absolute atomic E-state index is 11.8. The Kier molecular flexibility index (Phi) is 5.73. The first-order valence-corrected chi connectivity index (χ1v) is 7.71. The summed E-state index contributed by atoms with van der Waals surface area (Å²) in [7, 11) is 1.78. The number of aryl methyl sites for hydroxylation is 1. The predicted molar refractivity (Wildman–Crippen MR) is 86.0 cm³/mol. The van der Waals surface area contributed by atoms with Gasteiger partial charge in [0, 0.05) is 25.9 Å². The molecule has 0 spiro atoms. The van der Waals surface area contributed by atoms with Crippen LogP contribution in [0.1, 0.15) is 31.1 Å². The lowest BCUT2D eigenvalue weighted by Crippen LogP contribution is -2.32. The number of ether oxygens (including phenoxy) is 1. The molecule has 0 saturated carbocycles. The minimum absolute atomic E-state index is 0.0106. The lowest BCUT2D eigenvalue weighted by atomic mass is 10.2. The van der Waals surface area contributed by atoms with Gasteiger partial charge in [-0.1, -0.05) is 31.1 Å². The van der Waals surface area contributed by atoms with Crippen LogP contribution in [0.4, 0.5) is 0 Å². The smallest absolute Gasteiger partial charge is 0.264 e. The second-order valence-corrected chi connectivity index (χ2v) is 5.87. The Labute approximate surface area is 136 Å². The monoisotopic (exact) mass is 317 g/mol. The molecule has 1 amide bonds. The highest BCUT2D eigenvalue weighted by molar-refractivity contribution is 5.77. The Bertz CT molecular complexity index is 652. The standard InChI is InChI=1S/C17H23N3O3/c1-12(2)17(21)20(4)9-8-15-18-16(23-19-15)11-22-14-7-5-6-13(3)10-14/h5-7,10,12H,8-9,11H2,1-4H3. The first-order valence-electron chi connectivity index (χ1n) is 7.71. The highest BCUT2D eigenvalue weighted by Gasteiger charge is 2.14. The lowest BCUT2D eigenvalue weighted by molar-refractivity contribution is -0.133. The molecule has 0 fully saturated rings. The van der Waals surface area contributed by atoms with Crippen LogP contribution in [0.15, 0.2) is 28.8 Å². The van der Waals surface area contributed by atoms with Crippen LogP contribution in [0.3, 0.4) is 0 Å². The van der Waals surface area contributed by atoms with E-state index in [2.05, 4.69) is 10.1 Å². The van der Waals surface area contributed by atoms with Crippen LogP contribution in [-0.4, -0.2) is 34.5 Å². The van der Waals surface area contributed by atoms with Crippen molar-refractivity contribution in [2.24, 2.45) is 5.92 Å². The van der Waals surface area contributed by atoms with Crippen molar-refractivity contribution in [1.82, 2.24) is 15.0 Å². The highest BCUT2D eigenvalue weighted by atomic mass is 16.5. The molecule has 6 heteroatoms. The first kappa shape index (κ1) is 17.0. The number of rotatable bonds is 7. The zero-order chi connectivity index (χ0) is 16.8. The van der Waals surface area contributed by atoms with E-state index in [-0.39, 0.29) is 18.4 Å². The Hall–Kier alpha value is -2.37. The topological polar surface area (TPSA) is 68.5 Å². The molecule has 0 aliphatic rings. The van der Waals surface area contributed by atoms with Crippen LogP contribution < -0.4 is 4.74 Å². The molecule has 0 saturated heterocycles. The molecule has 6 nitrogen and oxygen atoms in total. The summed E-state index contributed by atoms with van der Waals surface area (Å²) in [6, 6.07) is 7.78. The van der Waals surface area contributed by atoms with Crippen LogP contribution in [0.25, 0.3) is 0 Å². The number of hydrogen-bond acceptors (Lipinski definition) is 5. The van der Waals surface area contributed by atoms with E-state index in [1.54, 1.807) is 11.9 Å². The second-order valence-electron chi connectivity index (χ2n) is 5.87. The molecule has 124 valence electrons. The van der Waals surface area contributed by atoms with Gasteiger partial charge in [0.25, 0.3) is 5.89 Å². The van der Waals surface area contributed by atoms with E-state index < -0.39 is 0 Å². The maximum Gasteiger partial charge on any atom is 0.264 e. The van der Waals surface area contributed by atoms with E-state index in [9.17, 15) is 4.79 Å². The van der Waals surface area contributed by atoms with Gasteiger partial charge in [-0.05, 0) is 24.6 Å². The molecule has 0 atom stereocenters. The minimum atomic E-state index is -0.0106. The van der Waals surface area contributed by atoms with Gasteiger partial charge in [0.05, 0.1) is 0 Å². The zero-order valence-corrected chi connectivity index (χ0v) is 14.1. The van der Waals surface area contributed by atoms with Gasteiger partial charge in [-0.3, -0.25) is 4.79 Å². The fraction of sp³-hybridized carbons (Fsp3) is 0.471. The van der Waals surface area contributed by atoms with Gasteiger partial charge < -0.3 is 14.2 Å². The molecule has 0 aliphatic carbocycles. The number of hydrogen-bond donors (Lipinski definition) is 0. The number of benzene rings is 1. The van der Waals surface area contributed by atoms with E-state index in [1.165, 1.54) is 0 Å². The zero-order valence-electron chi connectivity index (χ0n) is 14.1. The average Bonchev–Trinajstić information content (AvgIpc) is 2.98. The van der Waals surface area contributed by atoms with Gasteiger partial charge in [-0.2, -0.15) is 4.98 Å². The van der Waals surface area contributed by atoms with Gasteiger partial charge in [0.1, 0.15) is 5.75 Å². The molecule has 0 unspecified atom stereocenters. The fourth-order valence-corrected chi connectivity index (χ4v) is 2.12. The van der Waals surface area contributed by atoms with Crippen LogP contribution in [0, 0.1) is 12.8 Å². The highest BCUT2D eigenvalue weighted by Crippen LogP contribution is 2.14. The molecule has 1 aromatic carbocycles. The number of amides is 1. The van der Waals surface area contributed by atoms with E-state index in [0.29, 0.717) is 24.7 Å². The van der Waals surface area contributed by atoms with Crippen molar-refractivity contribution in [3.05, 3.63) is 41.5 Å². The largest absolute Gasteiger partial charge is 0.484 e. The van der Waals surface area contributed by atoms with E-state index in [4.69, 9.17) is 9.26 Å². The number of carbonyl (C=O) groups is 1. The van der Waals surface area contributed by atoms with Crippen molar-refractivity contribution < 1.29 is 14.1 Å². The third-order valence-corrected chi connectivity index (χ3v) is 3.40. The molecule has 1 heterocycles. The predicted octanol–water partition coefficient (Wildman–Crippen LogP) is 2.61. The Morgan fingerprint density at radius 2 is 2.17 bits per heavy atom. The van der Waals surface area contributed by atoms with Crippen molar-refractivity contribution in [2.45, 2.75) is 33.8 Å². The summed E-state index contributed by atoms with van der Waals surface area (Å²) in [5, 5.41) is 3.92. The molecule has 1 aromatic heterocycles. The molecule has 2 rings (SSSR count). The van der Waals surface area contributed by atoms with Crippen molar-refractivity contribution in [3.63, 3.8) is 0 Å². The Balaban J connectivity index is 1.82.